The van der Waals surface area contributed by atoms with Crippen LogP contribution in [0.4, 0.5) is 34.1 Å². The summed E-state index contributed by atoms with van der Waals surface area (Å²) in [6.07, 6.45) is 0. The van der Waals surface area contributed by atoms with Crippen molar-refractivity contribution in [2.75, 3.05) is 9.80 Å². The summed E-state index contributed by atoms with van der Waals surface area (Å²) in [7, 11) is 0. The Bertz CT molecular complexity index is 5160. The summed E-state index contributed by atoms with van der Waals surface area (Å²) in [5, 5.41) is 2.33. The van der Waals surface area contributed by atoms with Gasteiger partial charge >= 0.3 is 0 Å². The number of benzene rings is 12. The quantitative estimate of drug-likeness (QED) is 0.126. The predicted molar refractivity (Wildman–Crippen MR) is 367 cm³/mol. The van der Waals surface area contributed by atoms with Crippen LogP contribution in [-0.2, 0) is 0 Å². The Kier molecular flexibility index (Phi) is 12.4. The first-order valence-electron chi connectivity index (χ1n) is 30.2. The van der Waals surface area contributed by atoms with Gasteiger partial charge in [-0.3, -0.25) is 0 Å². The van der Waals surface area contributed by atoms with Crippen LogP contribution in [0.1, 0.15) is 5.56 Å². The van der Waals surface area contributed by atoms with Crippen molar-refractivity contribution in [3.63, 3.8) is 0 Å². The second-order valence-corrected chi connectivity index (χ2v) is 22.8. The maximum Gasteiger partial charge on any atom is 0.252 e. The molecule has 0 spiro atoms. The van der Waals surface area contributed by atoms with Crippen molar-refractivity contribution in [1.29, 1.82) is 0 Å². The lowest BCUT2D eigenvalue weighted by atomic mass is 9.33. The minimum Gasteiger partial charge on any atom is -0.311 e. The van der Waals surface area contributed by atoms with Gasteiger partial charge in [-0.25, -0.2) is 24.9 Å². The van der Waals surface area contributed by atoms with Gasteiger partial charge < -0.3 is 14.4 Å². The number of nitrogens with zero attached hydrogens (tertiary/aromatic N) is 8. The zero-order valence-electron chi connectivity index (χ0n) is 48.5. The van der Waals surface area contributed by atoms with Crippen LogP contribution in [0.25, 0.3) is 107 Å². The average molecular weight is 1140 g/mol. The summed E-state index contributed by atoms with van der Waals surface area (Å²) in [6.45, 7) is 2.12. The fraction of sp³-hybridized carbons (Fsp3) is 0.0125. The molecule has 0 radical (unpaired) electrons. The second kappa shape index (κ2) is 21.3. The lowest BCUT2D eigenvalue weighted by molar-refractivity contribution is 1.07. The Labute approximate surface area is 516 Å². The Balaban J connectivity index is 0.901. The van der Waals surface area contributed by atoms with E-state index in [1.807, 2.05) is 66.7 Å². The van der Waals surface area contributed by atoms with Gasteiger partial charge in [0.05, 0.1) is 33.8 Å². The molecule has 0 N–H and O–H groups in total. The number of fused-ring (bicyclic) bond motifs is 7. The number of aromatic nitrogens is 6. The molecule has 8 nitrogen and oxygen atoms in total. The average Bonchev–Trinajstić information content (AvgIpc) is 1.25. The van der Waals surface area contributed by atoms with E-state index in [-0.39, 0.29) is 6.71 Å². The first kappa shape index (κ1) is 51.6. The molecule has 416 valence electrons. The van der Waals surface area contributed by atoms with Crippen molar-refractivity contribution in [2.45, 2.75) is 6.92 Å². The van der Waals surface area contributed by atoms with E-state index in [2.05, 4.69) is 258 Å². The molecule has 9 heteroatoms. The van der Waals surface area contributed by atoms with Crippen LogP contribution in [0.2, 0.25) is 0 Å². The summed E-state index contributed by atoms with van der Waals surface area (Å²) in [5.74, 6) is 2.26. The number of anilines is 6. The molecule has 0 unspecified atom stereocenters. The molecular weight excluding hydrogens is 1080 g/mol. The van der Waals surface area contributed by atoms with Crippen molar-refractivity contribution in [3.8, 4) is 84.9 Å². The molecule has 89 heavy (non-hydrogen) atoms. The number of rotatable bonds is 10. The largest absolute Gasteiger partial charge is 0.311 e. The minimum absolute atomic E-state index is 0.0377. The van der Waals surface area contributed by atoms with Crippen LogP contribution in [0, 0.1) is 6.92 Å². The summed E-state index contributed by atoms with van der Waals surface area (Å²) >= 11 is 0. The van der Waals surface area contributed by atoms with Gasteiger partial charge in [0.25, 0.3) is 6.71 Å². The highest BCUT2D eigenvalue weighted by atomic mass is 15.2. The molecule has 5 heterocycles. The molecule has 0 saturated heterocycles. The summed E-state index contributed by atoms with van der Waals surface area (Å²) in [6, 6.07) is 108. The Morgan fingerprint density at radius 3 is 1.46 bits per heavy atom. The predicted octanol–water partition coefficient (Wildman–Crippen LogP) is 17.8. The Hall–Kier alpha value is -11.8. The van der Waals surface area contributed by atoms with Gasteiger partial charge in [-0.15, -0.1) is 0 Å². The second-order valence-electron chi connectivity index (χ2n) is 22.8. The molecule has 3 aromatic heterocycles. The molecular formula is C80H53BN8. The zero-order chi connectivity index (χ0) is 58.9. The zero-order valence-corrected chi connectivity index (χ0v) is 48.5. The van der Waals surface area contributed by atoms with Gasteiger partial charge in [0, 0.05) is 78.2 Å². The maximum absolute atomic E-state index is 5.75. The standard InChI is InChI=1S/C80H53BN8/c1-52-42-45-70-63(48-52)62-36-17-20-39-69(62)89(70)71-46-43-58(79-85-77(54-26-9-3-10-27-54)84-78(86-79)55-28-11-4-12-29-55)50-64(71)80-82-67(53-24-7-2-8-25-53)51-68(83-80)57-31-23-30-56(49-57)61-44-47-74-75-76(61)88(60-34-15-6-16-35-60)73-41-22-19-38-66(73)81(75)65-37-18-21-40-72(65)87(74)59-32-13-5-14-33-59/h2-51H,1H3. The first-order chi connectivity index (χ1) is 44.1. The van der Waals surface area contributed by atoms with E-state index in [9.17, 15) is 0 Å². The molecule has 2 aliphatic heterocycles. The van der Waals surface area contributed by atoms with Crippen LogP contribution >= 0.6 is 0 Å². The molecule has 0 bridgehead atoms. The molecule has 0 aliphatic carbocycles. The SMILES string of the molecule is Cc1ccc2c(c1)c1ccccc1n2-c1ccc(-c2nc(-c3ccccc3)nc(-c3ccccc3)n2)cc1-c1nc(-c2ccccc2)cc(-c2cccc(-c3ccc4c5c3N(c3ccccc3)c3ccccc3B5c3ccccc3N4c3ccccc3)c2)n1. The smallest absolute Gasteiger partial charge is 0.252 e. The van der Waals surface area contributed by atoms with E-state index in [4.69, 9.17) is 24.9 Å². The van der Waals surface area contributed by atoms with Gasteiger partial charge in [-0.05, 0) is 120 Å². The molecule has 17 rings (SSSR count). The highest BCUT2D eigenvalue weighted by Gasteiger charge is 2.44. The number of aryl methyl sites for hydroxylation is 1. The molecule has 2 aliphatic rings. The third kappa shape index (κ3) is 8.81. The van der Waals surface area contributed by atoms with Crippen molar-refractivity contribution in [1.82, 2.24) is 29.5 Å². The molecule has 0 atom stereocenters. The van der Waals surface area contributed by atoms with Crippen LogP contribution in [0.15, 0.2) is 303 Å². The number of hydrogen-bond acceptors (Lipinski definition) is 7. The highest BCUT2D eigenvalue weighted by Crippen LogP contribution is 2.48. The highest BCUT2D eigenvalue weighted by molar-refractivity contribution is 7.00. The van der Waals surface area contributed by atoms with Gasteiger partial charge in [0.2, 0.25) is 0 Å². The lowest BCUT2D eigenvalue weighted by Gasteiger charge is -2.45. The number of hydrogen-bond donors (Lipinski definition) is 0. The molecule has 0 fully saturated rings. The van der Waals surface area contributed by atoms with E-state index in [0.717, 1.165) is 106 Å². The Morgan fingerprint density at radius 2 is 0.798 bits per heavy atom. The van der Waals surface area contributed by atoms with E-state index >= 15 is 0 Å². The van der Waals surface area contributed by atoms with Crippen LogP contribution < -0.4 is 26.2 Å². The number of para-hydroxylation sites is 5. The van der Waals surface area contributed by atoms with Crippen LogP contribution in [-0.4, -0.2) is 36.2 Å². The van der Waals surface area contributed by atoms with Gasteiger partial charge in [-0.2, -0.15) is 0 Å². The third-order valence-electron chi connectivity index (χ3n) is 17.5. The first-order valence-corrected chi connectivity index (χ1v) is 30.2. The molecule has 15 aromatic rings. The van der Waals surface area contributed by atoms with Gasteiger partial charge in [-0.1, -0.05) is 218 Å². The van der Waals surface area contributed by atoms with E-state index in [0.29, 0.717) is 23.3 Å². The summed E-state index contributed by atoms with van der Waals surface area (Å²) in [5.41, 5.74) is 24.0. The van der Waals surface area contributed by atoms with Gasteiger partial charge in [0.1, 0.15) is 0 Å². The Morgan fingerprint density at radius 1 is 0.292 bits per heavy atom. The summed E-state index contributed by atoms with van der Waals surface area (Å²) in [4.78, 5) is 31.9. The van der Waals surface area contributed by atoms with Crippen molar-refractivity contribution >= 4 is 79.0 Å². The monoisotopic (exact) mass is 1140 g/mol. The van der Waals surface area contributed by atoms with Crippen molar-refractivity contribution in [3.05, 3.63) is 309 Å². The van der Waals surface area contributed by atoms with Crippen molar-refractivity contribution in [2.24, 2.45) is 0 Å². The molecule has 12 aromatic carbocycles. The maximum atomic E-state index is 5.75. The third-order valence-corrected chi connectivity index (χ3v) is 17.5. The van der Waals surface area contributed by atoms with E-state index in [1.165, 1.54) is 33.0 Å². The summed E-state index contributed by atoms with van der Waals surface area (Å²) < 4.78 is 2.36. The normalized spacial score (nSPS) is 12.3. The van der Waals surface area contributed by atoms with Gasteiger partial charge in [0.15, 0.2) is 23.3 Å². The van der Waals surface area contributed by atoms with Crippen LogP contribution in [0.5, 0.6) is 0 Å². The van der Waals surface area contributed by atoms with E-state index in [1.54, 1.807) is 0 Å². The fourth-order valence-corrected chi connectivity index (χ4v) is 13.5. The molecule has 0 saturated carbocycles. The lowest BCUT2D eigenvalue weighted by Crippen LogP contribution is -2.61. The topological polar surface area (TPSA) is 75.9 Å². The van der Waals surface area contributed by atoms with E-state index < -0.39 is 0 Å². The minimum atomic E-state index is -0.0377. The fourth-order valence-electron chi connectivity index (χ4n) is 13.5. The molecule has 0 amide bonds. The van der Waals surface area contributed by atoms with Crippen molar-refractivity contribution < 1.29 is 0 Å². The van der Waals surface area contributed by atoms with Crippen LogP contribution in [0.3, 0.4) is 0 Å².